The number of aliphatic hydroxyl groups is 1. The molecule has 0 amide bonds. The molecule has 2 aliphatic rings. The topological polar surface area (TPSA) is 113 Å². The van der Waals surface area contributed by atoms with Gasteiger partial charge in [0.1, 0.15) is 17.6 Å². The molecule has 0 radical (unpaired) electrons. The van der Waals surface area contributed by atoms with Crippen LogP contribution in [-0.4, -0.2) is 36.4 Å². The van der Waals surface area contributed by atoms with Crippen molar-refractivity contribution in [3.8, 4) is 5.75 Å². The minimum absolute atomic E-state index is 0.0546. The van der Waals surface area contributed by atoms with Crippen LogP contribution in [0.2, 0.25) is 0 Å². The summed E-state index contributed by atoms with van der Waals surface area (Å²) < 4.78 is 33.9. The third kappa shape index (κ3) is 2.90. The quantitative estimate of drug-likeness (QED) is 0.522. The van der Waals surface area contributed by atoms with Crippen molar-refractivity contribution in [2.45, 2.75) is 35.5 Å². The molecule has 1 saturated carbocycles. The fraction of sp³-hybridized carbons (Fsp3) is 0.250. The van der Waals surface area contributed by atoms with Gasteiger partial charge in [0.15, 0.2) is 0 Å². The molecular formula is C20H19NO6S. The number of para-hydroxylation sites is 1. The first kappa shape index (κ1) is 18.7. The average molecular weight is 401 g/mol. The minimum atomic E-state index is -3.95. The summed E-state index contributed by atoms with van der Waals surface area (Å²) in [6.45, 7) is 3.58. The number of hydrogen-bond acceptors (Lipinski definition) is 5. The number of ether oxygens (including phenoxy) is 1. The van der Waals surface area contributed by atoms with Crippen molar-refractivity contribution in [1.29, 1.82) is 0 Å². The first-order chi connectivity index (χ1) is 13.2. The second-order valence-electron chi connectivity index (χ2n) is 7.02. The van der Waals surface area contributed by atoms with Gasteiger partial charge in [0.25, 0.3) is 0 Å². The first-order valence-corrected chi connectivity index (χ1v) is 10.2. The van der Waals surface area contributed by atoms with Crippen molar-refractivity contribution in [3.63, 3.8) is 0 Å². The van der Waals surface area contributed by atoms with E-state index in [2.05, 4.69) is 11.3 Å². The zero-order chi connectivity index (χ0) is 20.1. The van der Waals surface area contributed by atoms with Gasteiger partial charge in [-0.1, -0.05) is 43.0 Å². The van der Waals surface area contributed by atoms with Crippen LogP contribution in [0.4, 0.5) is 0 Å². The zero-order valence-corrected chi connectivity index (χ0v) is 15.6. The van der Waals surface area contributed by atoms with Gasteiger partial charge in [-0.25, -0.2) is 13.2 Å². The van der Waals surface area contributed by atoms with Crippen molar-refractivity contribution in [2.75, 3.05) is 0 Å². The van der Waals surface area contributed by atoms with Gasteiger partial charge in [0.2, 0.25) is 10.0 Å². The second-order valence-corrected chi connectivity index (χ2v) is 8.71. The molecule has 1 aliphatic heterocycles. The molecule has 1 heterocycles. The van der Waals surface area contributed by atoms with Gasteiger partial charge >= 0.3 is 5.97 Å². The molecule has 146 valence electrons. The van der Waals surface area contributed by atoms with Crippen LogP contribution < -0.4 is 9.46 Å². The third-order valence-corrected chi connectivity index (χ3v) is 6.81. The fourth-order valence-electron chi connectivity index (χ4n) is 4.02. The van der Waals surface area contributed by atoms with Crippen LogP contribution in [-0.2, 0) is 14.8 Å². The maximum Gasteiger partial charge on any atom is 0.335 e. The highest BCUT2D eigenvalue weighted by atomic mass is 32.2. The van der Waals surface area contributed by atoms with Gasteiger partial charge in [0, 0.05) is 11.1 Å². The number of nitrogens with one attached hydrogen (secondary N) is 1. The molecule has 2 aromatic carbocycles. The maximum atomic E-state index is 12.8. The summed E-state index contributed by atoms with van der Waals surface area (Å²) in [6.07, 6.45) is 0.144. The zero-order valence-electron chi connectivity index (χ0n) is 14.8. The molecule has 8 heteroatoms. The lowest BCUT2D eigenvalue weighted by Crippen LogP contribution is -2.50. The molecule has 1 fully saturated rings. The van der Waals surface area contributed by atoms with Crippen LogP contribution >= 0.6 is 0 Å². The summed E-state index contributed by atoms with van der Waals surface area (Å²) in [6, 6.07) is 12.8. The maximum absolute atomic E-state index is 12.8. The summed E-state index contributed by atoms with van der Waals surface area (Å²) in [5.74, 6) is -1.49. The molecule has 0 aromatic heterocycles. The number of aliphatic carboxylic acids is 1. The van der Waals surface area contributed by atoms with Crippen LogP contribution in [0.15, 0.2) is 60.0 Å². The Kier molecular flexibility index (Phi) is 4.29. The summed E-state index contributed by atoms with van der Waals surface area (Å²) >= 11 is 0. The average Bonchev–Trinajstić information content (AvgIpc) is 3.19. The number of sulfonamides is 1. The van der Waals surface area contributed by atoms with E-state index in [-0.39, 0.29) is 16.9 Å². The normalized spacial score (nSPS) is 25.6. The van der Waals surface area contributed by atoms with Crippen LogP contribution in [0.3, 0.4) is 0 Å². The lowest BCUT2D eigenvalue weighted by Gasteiger charge is -2.29. The van der Waals surface area contributed by atoms with Crippen molar-refractivity contribution >= 4 is 21.6 Å². The van der Waals surface area contributed by atoms with Crippen molar-refractivity contribution in [3.05, 3.63) is 66.2 Å². The molecule has 0 saturated heterocycles. The van der Waals surface area contributed by atoms with Crippen LogP contribution in [0.5, 0.6) is 5.75 Å². The smallest absolute Gasteiger partial charge is 0.335 e. The van der Waals surface area contributed by atoms with E-state index in [4.69, 9.17) is 4.74 Å². The standard InChI is InChI=1S/C20H19NO6S/c1-12(19(22)23)14-8-5-9-15-17-16(27-18(14)15)10-11-20(17,24)21-28(25,26)13-6-3-2-4-7-13/h2-9,16-17,21,24H,1,10-11H2,(H,22,23). The number of benzene rings is 2. The Hall–Kier alpha value is -2.68. The lowest BCUT2D eigenvalue weighted by atomic mass is 9.89. The van der Waals surface area contributed by atoms with E-state index in [0.29, 0.717) is 23.3 Å². The van der Waals surface area contributed by atoms with E-state index in [1.54, 1.807) is 36.4 Å². The van der Waals surface area contributed by atoms with E-state index in [1.807, 2.05) is 0 Å². The van der Waals surface area contributed by atoms with E-state index in [9.17, 15) is 23.4 Å². The van der Waals surface area contributed by atoms with Crippen molar-refractivity contribution in [2.24, 2.45) is 0 Å². The minimum Gasteiger partial charge on any atom is -0.489 e. The molecule has 7 nitrogen and oxygen atoms in total. The molecule has 3 N–H and O–H groups in total. The Balaban J connectivity index is 1.72. The number of fused-ring (bicyclic) bond motifs is 3. The number of carboxylic acids is 1. The Morgan fingerprint density at radius 3 is 2.57 bits per heavy atom. The van der Waals surface area contributed by atoms with E-state index < -0.39 is 33.7 Å². The highest BCUT2D eigenvalue weighted by molar-refractivity contribution is 7.89. The highest BCUT2D eigenvalue weighted by Gasteiger charge is 2.56. The highest BCUT2D eigenvalue weighted by Crippen LogP contribution is 2.53. The van der Waals surface area contributed by atoms with E-state index in [1.165, 1.54) is 12.1 Å². The summed E-state index contributed by atoms with van der Waals surface area (Å²) in [7, 11) is -3.95. The van der Waals surface area contributed by atoms with Crippen LogP contribution in [0.25, 0.3) is 5.57 Å². The number of hydrogen-bond donors (Lipinski definition) is 3. The number of carbonyl (C=O) groups is 1. The summed E-state index contributed by atoms with van der Waals surface area (Å²) in [5.41, 5.74) is -0.966. The Bertz CT molecular complexity index is 1070. The van der Waals surface area contributed by atoms with Gasteiger partial charge in [-0.2, -0.15) is 4.72 Å². The van der Waals surface area contributed by atoms with Gasteiger partial charge in [0.05, 0.1) is 16.4 Å². The van der Waals surface area contributed by atoms with Gasteiger partial charge in [-0.05, 0) is 25.0 Å². The monoisotopic (exact) mass is 401 g/mol. The predicted molar refractivity (Wildman–Crippen MR) is 101 cm³/mol. The van der Waals surface area contributed by atoms with Crippen molar-refractivity contribution < 1.29 is 28.2 Å². The predicted octanol–water partition coefficient (Wildman–Crippen LogP) is 2.09. The molecule has 4 rings (SSSR count). The molecule has 0 spiro atoms. The second kappa shape index (κ2) is 6.44. The van der Waals surface area contributed by atoms with Crippen LogP contribution in [0.1, 0.15) is 29.9 Å². The molecule has 3 unspecified atom stereocenters. The fourth-order valence-corrected chi connectivity index (χ4v) is 5.35. The molecule has 1 aliphatic carbocycles. The Morgan fingerprint density at radius 2 is 1.89 bits per heavy atom. The molecule has 28 heavy (non-hydrogen) atoms. The van der Waals surface area contributed by atoms with Crippen molar-refractivity contribution in [1.82, 2.24) is 4.72 Å². The van der Waals surface area contributed by atoms with Gasteiger partial charge < -0.3 is 14.9 Å². The van der Waals surface area contributed by atoms with Crippen LogP contribution in [0, 0.1) is 0 Å². The number of rotatable bonds is 5. The SMILES string of the molecule is C=C(C(=O)O)c1cccc2c1OC1CCC(O)(NS(=O)(=O)c3ccccc3)C21. The largest absolute Gasteiger partial charge is 0.489 e. The Morgan fingerprint density at radius 1 is 1.18 bits per heavy atom. The molecule has 2 aromatic rings. The lowest BCUT2D eigenvalue weighted by molar-refractivity contribution is -0.130. The molecule has 3 atom stereocenters. The number of carboxylic acid groups (broad SMARTS) is 1. The van der Waals surface area contributed by atoms with E-state index >= 15 is 0 Å². The summed E-state index contributed by atoms with van der Waals surface area (Å²) in [5, 5.41) is 20.5. The molecular weight excluding hydrogens is 382 g/mol. The van der Waals surface area contributed by atoms with Gasteiger partial charge in [-0.15, -0.1) is 0 Å². The summed E-state index contributed by atoms with van der Waals surface area (Å²) in [4.78, 5) is 11.4. The Labute approximate surface area is 162 Å². The van der Waals surface area contributed by atoms with Gasteiger partial charge in [-0.3, -0.25) is 0 Å². The first-order valence-electron chi connectivity index (χ1n) is 8.76. The molecule has 0 bridgehead atoms. The van der Waals surface area contributed by atoms with E-state index in [0.717, 1.165) is 0 Å². The third-order valence-electron chi connectivity index (χ3n) is 5.29.